The molecule has 0 amide bonds. The zero-order valence-corrected chi connectivity index (χ0v) is 18.7. The highest BCUT2D eigenvalue weighted by Gasteiger charge is 2.46. The zero-order chi connectivity index (χ0) is 23.3. The highest BCUT2D eigenvalue weighted by molar-refractivity contribution is 7.54. The molecule has 13 heteroatoms. The normalized spacial score (nSPS) is 28.9. The monoisotopic (exact) mass is 463 g/mol. The summed E-state index contributed by atoms with van der Waals surface area (Å²) in [5, 5.41) is 35.2. The number of carboxylic acids is 1. The van der Waals surface area contributed by atoms with Gasteiger partial charge in [0.2, 0.25) is 0 Å². The Morgan fingerprint density at radius 2 is 1.97 bits per heavy atom. The van der Waals surface area contributed by atoms with Crippen LogP contribution in [0.4, 0.5) is 0 Å². The number of aliphatic hydroxyl groups is 2. The number of hydrogen-bond donors (Lipinski definition) is 5. The van der Waals surface area contributed by atoms with Crippen molar-refractivity contribution < 1.29 is 43.5 Å². The van der Waals surface area contributed by atoms with Gasteiger partial charge >= 0.3 is 19.6 Å². The number of carbonyl (C=O) groups excluding carboxylic acids is 1. The van der Waals surface area contributed by atoms with Crippen LogP contribution in [0.3, 0.4) is 0 Å². The minimum atomic E-state index is -3.76. The second-order valence-corrected chi connectivity index (χ2v) is 9.42. The molecule has 2 rings (SSSR count). The standard InChI is InChI=1S/C18H30N3O9P/c1-10(2)19-31(27,20-11(3)18(26)28-4)29-9-13-14(22)15(23)16(30-13)21-7-5-6-12(8-21)17(24)25/h5,7-8,10-11,13-16,22-23H,6,9H2,1-4H3,(H,24,25)(H2,19,20,27)/t11-,13?,14+,15+,16+,31?/m0/s1. The van der Waals surface area contributed by atoms with E-state index in [-0.39, 0.29) is 24.6 Å². The molecule has 0 radical (unpaired) electrons. The fraction of sp³-hybridized carbons (Fsp3) is 0.667. The molecule has 2 unspecified atom stereocenters. The highest BCUT2D eigenvalue weighted by Crippen LogP contribution is 2.40. The number of esters is 1. The maximum atomic E-state index is 13.2. The van der Waals surface area contributed by atoms with E-state index in [0.29, 0.717) is 0 Å². The van der Waals surface area contributed by atoms with Crippen molar-refractivity contribution in [3.8, 4) is 0 Å². The van der Waals surface area contributed by atoms with Gasteiger partial charge in [-0.25, -0.2) is 15.0 Å². The number of nitrogens with one attached hydrogen (secondary N) is 2. The van der Waals surface area contributed by atoms with E-state index in [1.807, 2.05) is 0 Å². The predicted octanol–water partition coefficient (Wildman–Crippen LogP) is -0.105. The molecule has 0 bridgehead atoms. The van der Waals surface area contributed by atoms with Crippen LogP contribution in [0.15, 0.2) is 24.0 Å². The minimum absolute atomic E-state index is 0.0964. The van der Waals surface area contributed by atoms with Gasteiger partial charge in [-0.05, 0) is 20.8 Å². The predicted molar refractivity (Wildman–Crippen MR) is 108 cm³/mol. The van der Waals surface area contributed by atoms with Gasteiger partial charge in [-0.15, -0.1) is 0 Å². The number of rotatable bonds is 10. The van der Waals surface area contributed by atoms with E-state index in [1.165, 1.54) is 25.1 Å². The third kappa shape index (κ3) is 6.59. The largest absolute Gasteiger partial charge is 0.478 e. The third-order valence-corrected chi connectivity index (χ3v) is 6.69. The average Bonchev–Trinajstić information content (AvgIpc) is 2.99. The van der Waals surface area contributed by atoms with Crippen molar-refractivity contribution >= 4 is 19.6 Å². The van der Waals surface area contributed by atoms with E-state index < -0.39 is 50.2 Å². The lowest BCUT2D eigenvalue weighted by Crippen LogP contribution is -2.41. The SMILES string of the molecule is COC(=O)[C@H](C)NP(=O)(NC(C)C)OCC1O[C@@H](N2C=CCC(C(=O)O)=C2)[C@H](O)[C@@H]1O. The van der Waals surface area contributed by atoms with Gasteiger partial charge in [0.1, 0.15) is 24.4 Å². The van der Waals surface area contributed by atoms with Crippen LogP contribution in [0.5, 0.6) is 0 Å². The molecule has 0 aromatic carbocycles. The molecule has 12 nitrogen and oxygen atoms in total. The van der Waals surface area contributed by atoms with Crippen molar-refractivity contribution in [2.75, 3.05) is 13.7 Å². The van der Waals surface area contributed by atoms with Gasteiger partial charge in [0, 0.05) is 24.9 Å². The minimum Gasteiger partial charge on any atom is -0.478 e. The van der Waals surface area contributed by atoms with Crippen LogP contribution in [0.2, 0.25) is 0 Å². The molecule has 0 aromatic heterocycles. The first kappa shape index (κ1) is 25.5. The van der Waals surface area contributed by atoms with Crippen molar-refractivity contribution in [2.24, 2.45) is 0 Å². The Kier molecular flexibility index (Phi) is 8.78. The molecule has 2 aliphatic heterocycles. The summed E-state index contributed by atoms with van der Waals surface area (Å²) in [6.07, 6.45) is -0.206. The quantitative estimate of drug-likeness (QED) is 0.216. The number of aliphatic carboxylic acids is 1. The van der Waals surface area contributed by atoms with Crippen molar-refractivity contribution in [2.45, 2.75) is 63.8 Å². The smallest absolute Gasteiger partial charge is 0.341 e. The van der Waals surface area contributed by atoms with E-state index in [4.69, 9.17) is 14.4 Å². The summed E-state index contributed by atoms with van der Waals surface area (Å²) in [6, 6.07) is -1.21. The number of ether oxygens (including phenoxy) is 2. The van der Waals surface area contributed by atoms with Crippen LogP contribution in [0.25, 0.3) is 0 Å². The van der Waals surface area contributed by atoms with Gasteiger partial charge < -0.3 is 34.2 Å². The highest BCUT2D eigenvalue weighted by atomic mass is 31.2. The summed E-state index contributed by atoms with van der Waals surface area (Å²) in [5.74, 6) is -1.74. The van der Waals surface area contributed by atoms with E-state index in [2.05, 4.69) is 14.9 Å². The lowest BCUT2D eigenvalue weighted by atomic mass is 10.1. The number of carboxylic acid groups (broad SMARTS) is 1. The lowest BCUT2D eigenvalue weighted by Gasteiger charge is -2.28. The fourth-order valence-corrected chi connectivity index (χ4v) is 4.98. The van der Waals surface area contributed by atoms with Gasteiger partial charge in [0.25, 0.3) is 0 Å². The van der Waals surface area contributed by atoms with E-state index >= 15 is 0 Å². The Morgan fingerprint density at radius 3 is 2.55 bits per heavy atom. The average molecular weight is 463 g/mol. The van der Waals surface area contributed by atoms with Crippen LogP contribution in [-0.4, -0.2) is 82.5 Å². The van der Waals surface area contributed by atoms with Crippen molar-refractivity contribution in [1.82, 2.24) is 15.1 Å². The number of methoxy groups -OCH3 is 1. The first-order valence-corrected chi connectivity index (χ1v) is 11.4. The van der Waals surface area contributed by atoms with Crippen LogP contribution in [0.1, 0.15) is 27.2 Å². The molecule has 176 valence electrons. The van der Waals surface area contributed by atoms with Gasteiger partial charge in [-0.2, -0.15) is 0 Å². The second kappa shape index (κ2) is 10.7. The molecule has 1 fully saturated rings. The summed E-state index contributed by atoms with van der Waals surface area (Å²) >= 11 is 0. The zero-order valence-electron chi connectivity index (χ0n) is 17.8. The number of nitrogens with zero attached hydrogens (tertiary/aromatic N) is 1. The van der Waals surface area contributed by atoms with Gasteiger partial charge in [-0.3, -0.25) is 9.36 Å². The van der Waals surface area contributed by atoms with Crippen LogP contribution in [0, 0.1) is 0 Å². The second-order valence-electron chi connectivity index (χ2n) is 7.55. The van der Waals surface area contributed by atoms with Gasteiger partial charge in [0.05, 0.1) is 19.3 Å². The fourth-order valence-electron chi connectivity index (χ4n) is 3.11. The Hall–Kier alpha value is -1.79. The summed E-state index contributed by atoms with van der Waals surface area (Å²) in [6.45, 7) is 4.55. The van der Waals surface area contributed by atoms with Crippen LogP contribution >= 0.6 is 7.67 Å². The summed E-state index contributed by atoms with van der Waals surface area (Å²) in [5.41, 5.74) is 0.0964. The molecule has 2 heterocycles. The number of allylic oxidation sites excluding steroid dienone is 1. The lowest BCUT2D eigenvalue weighted by molar-refractivity contribution is -0.142. The maximum Gasteiger partial charge on any atom is 0.341 e. The van der Waals surface area contributed by atoms with Crippen molar-refractivity contribution in [1.29, 1.82) is 0 Å². The third-order valence-electron chi connectivity index (χ3n) is 4.59. The number of hydrogen-bond acceptors (Lipinski definition) is 9. The number of carbonyl (C=O) groups is 2. The molecule has 0 spiro atoms. The maximum absolute atomic E-state index is 13.2. The van der Waals surface area contributed by atoms with Crippen molar-refractivity contribution in [3.05, 3.63) is 24.0 Å². The summed E-state index contributed by atoms with van der Waals surface area (Å²) in [4.78, 5) is 24.2. The molecule has 2 aliphatic rings. The topological polar surface area (TPSA) is 167 Å². The van der Waals surface area contributed by atoms with Crippen LogP contribution in [-0.2, 0) is 28.2 Å². The summed E-state index contributed by atoms with van der Waals surface area (Å²) in [7, 11) is -2.56. The van der Waals surface area contributed by atoms with E-state index in [9.17, 15) is 24.4 Å². The molecular weight excluding hydrogens is 433 g/mol. The van der Waals surface area contributed by atoms with E-state index in [0.717, 1.165) is 0 Å². The first-order valence-electron chi connectivity index (χ1n) is 9.75. The molecule has 1 saturated heterocycles. The molecular formula is C18H30N3O9P. The Labute approximate surface area is 180 Å². The Bertz CT molecular complexity index is 772. The van der Waals surface area contributed by atoms with Crippen molar-refractivity contribution in [3.63, 3.8) is 0 Å². The molecule has 0 aliphatic carbocycles. The molecule has 31 heavy (non-hydrogen) atoms. The number of aliphatic hydroxyl groups excluding tert-OH is 2. The van der Waals surface area contributed by atoms with E-state index in [1.54, 1.807) is 26.1 Å². The van der Waals surface area contributed by atoms with Crippen LogP contribution < -0.4 is 10.2 Å². The Balaban J connectivity index is 2.07. The summed E-state index contributed by atoms with van der Waals surface area (Å²) < 4.78 is 28.9. The Morgan fingerprint density at radius 1 is 1.29 bits per heavy atom. The molecule has 0 aromatic rings. The molecule has 5 N–H and O–H groups in total. The molecule has 0 saturated carbocycles. The first-order chi connectivity index (χ1) is 14.5. The van der Waals surface area contributed by atoms with Gasteiger partial charge in [-0.1, -0.05) is 6.08 Å². The molecule has 6 atom stereocenters. The van der Waals surface area contributed by atoms with Gasteiger partial charge in [0.15, 0.2) is 6.23 Å².